The van der Waals surface area contributed by atoms with E-state index in [1.807, 2.05) is 11.8 Å². The Balaban J connectivity index is 2.21. The Morgan fingerprint density at radius 2 is 2.20 bits per heavy atom. The first-order valence-electron chi connectivity index (χ1n) is 7.24. The van der Waals surface area contributed by atoms with Gasteiger partial charge >= 0.3 is 0 Å². The highest BCUT2D eigenvalue weighted by atomic mass is 32.2. The Bertz CT molecular complexity index is 433. The van der Waals surface area contributed by atoms with Crippen LogP contribution in [0.4, 0.5) is 0 Å². The van der Waals surface area contributed by atoms with Crippen molar-refractivity contribution in [2.75, 3.05) is 11.5 Å². The molecule has 3 atom stereocenters. The summed E-state index contributed by atoms with van der Waals surface area (Å²) in [6.07, 6.45) is 0.0357. The second-order valence-corrected chi connectivity index (χ2v) is 7.70. The van der Waals surface area contributed by atoms with Gasteiger partial charge in [0.25, 0.3) is 0 Å². The number of amides is 1. The molecule has 1 aromatic rings. The second-order valence-electron chi connectivity index (χ2n) is 5.60. The molecule has 1 N–H and O–H groups in total. The smallest absolute Gasteiger partial charge is 0.241 e. The molecular weight excluding hydrogens is 288 g/mol. The molecule has 0 spiro atoms. The molecule has 1 amide bonds. The maximum Gasteiger partial charge on any atom is 0.241 e. The molecule has 1 fully saturated rings. The van der Waals surface area contributed by atoms with Gasteiger partial charge in [0.2, 0.25) is 5.91 Å². The summed E-state index contributed by atoms with van der Waals surface area (Å²) < 4.78 is 0. The molecule has 1 aliphatic heterocycles. The van der Waals surface area contributed by atoms with E-state index in [1.165, 1.54) is 5.56 Å². The van der Waals surface area contributed by atoms with E-state index in [0.29, 0.717) is 5.92 Å². The summed E-state index contributed by atoms with van der Waals surface area (Å²) in [6, 6.07) is 2.31. The molecule has 3 nitrogen and oxygen atoms in total. The van der Waals surface area contributed by atoms with Gasteiger partial charge in [0, 0.05) is 11.8 Å². The van der Waals surface area contributed by atoms with Crippen LogP contribution in [0.5, 0.6) is 0 Å². The first-order valence-corrected chi connectivity index (χ1v) is 9.34. The molecule has 0 radical (unpaired) electrons. The van der Waals surface area contributed by atoms with E-state index in [9.17, 15) is 4.79 Å². The topological polar surface area (TPSA) is 32.3 Å². The van der Waals surface area contributed by atoms with Crippen LogP contribution < -0.4 is 5.32 Å². The lowest BCUT2D eigenvalue weighted by molar-refractivity contribution is -0.132. The summed E-state index contributed by atoms with van der Waals surface area (Å²) >= 11 is 3.58. The molecule has 3 unspecified atom stereocenters. The summed E-state index contributed by atoms with van der Waals surface area (Å²) in [5.74, 6) is 2.66. The van der Waals surface area contributed by atoms with Crippen LogP contribution >= 0.6 is 23.1 Å². The average molecular weight is 313 g/mol. The lowest BCUT2D eigenvalue weighted by Crippen LogP contribution is -2.40. The van der Waals surface area contributed by atoms with Gasteiger partial charge in [-0.2, -0.15) is 23.1 Å². The Labute approximate surface area is 130 Å². The molecule has 0 bridgehead atoms. The van der Waals surface area contributed by atoms with Crippen LogP contribution in [-0.2, 0) is 4.79 Å². The number of nitrogens with zero attached hydrogens (tertiary/aromatic N) is 1. The van der Waals surface area contributed by atoms with Gasteiger partial charge < -0.3 is 4.90 Å². The number of carbonyl (C=O) groups is 1. The first-order chi connectivity index (χ1) is 9.56. The third-order valence-corrected chi connectivity index (χ3v) is 5.53. The highest BCUT2D eigenvalue weighted by Gasteiger charge is 2.43. The maximum absolute atomic E-state index is 12.7. The Kier molecular flexibility index (Phi) is 5.52. The van der Waals surface area contributed by atoms with Crippen LogP contribution in [0.15, 0.2) is 16.8 Å². The van der Waals surface area contributed by atoms with E-state index in [-0.39, 0.29) is 24.2 Å². The minimum atomic E-state index is -0.0611. The van der Waals surface area contributed by atoms with Crippen molar-refractivity contribution in [3.8, 4) is 0 Å². The zero-order valence-corrected chi connectivity index (χ0v) is 14.3. The number of nitrogens with one attached hydrogen (secondary N) is 1. The van der Waals surface area contributed by atoms with Gasteiger partial charge in [-0.3, -0.25) is 10.1 Å². The van der Waals surface area contributed by atoms with Gasteiger partial charge in [0.05, 0.1) is 6.04 Å². The molecule has 2 heterocycles. The molecule has 1 saturated heterocycles. The summed E-state index contributed by atoms with van der Waals surface area (Å²) in [7, 11) is 0. The van der Waals surface area contributed by atoms with Gasteiger partial charge in [-0.1, -0.05) is 20.8 Å². The number of hydrogen-bond acceptors (Lipinski definition) is 4. The molecule has 5 heteroatoms. The predicted octanol–water partition coefficient (Wildman–Crippen LogP) is 3.34. The van der Waals surface area contributed by atoms with Crippen molar-refractivity contribution in [3.63, 3.8) is 0 Å². The number of thioether (sulfide) groups is 1. The van der Waals surface area contributed by atoms with Crippen LogP contribution in [0.1, 0.15) is 39.4 Å². The van der Waals surface area contributed by atoms with E-state index in [0.717, 1.165) is 11.5 Å². The average Bonchev–Trinajstić information content (AvgIpc) is 3.02. The fraction of sp³-hybridized carbons (Fsp3) is 0.667. The number of thiophene rings is 1. The van der Waals surface area contributed by atoms with Crippen molar-refractivity contribution in [2.45, 2.75) is 45.9 Å². The highest BCUT2D eigenvalue weighted by molar-refractivity contribution is 7.99. The van der Waals surface area contributed by atoms with Gasteiger partial charge in [0.15, 0.2) is 0 Å². The molecule has 20 heavy (non-hydrogen) atoms. The Hall–Kier alpha value is -0.520. The lowest BCUT2D eigenvalue weighted by atomic mass is 10.0. The molecule has 0 saturated carbocycles. The summed E-state index contributed by atoms with van der Waals surface area (Å²) in [4.78, 5) is 14.8. The molecular formula is C15H24N2OS2. The van der Waals surface area contributed by atoms with Gasteiger partial charge in [-0.05, 0) is 41.0 Å². The van der Waals surface area contributed by atoms with Crippen LogP contribution in [0.3, 0.4) is 0 Å². The van der Waals surface area contributed by atoms with Crippen LogP contribution in [0.25, 0.3) is 0 Å². The van der Waals surface area contributed by atoms with E-state index >= 15 is 0 Å². The molecule has 2 rings (SSSR count). The van der Waals surface area contributed by atoms with Crippen molar-refractivity contribution in [3.05, 3.63) is 22.4 Å². The summed E-state index contributed by atoms with van der Waals surface area (Å²) in [5.41, 5.74) is 1.21. The summed E-state index contributed by atoms with van der Waals surface area (Å²) in [5, 5.41) is 7.74. The Morgan fingerprint density at radius 3 is 2.75 bits per heavy atom. The SMILES string of the molecule is CCSCC(C)N1C(=O)C(C(C)C)NC1c1ccsc1. The fourth-order valence-corrected chi connectivity index (χ4v) is 4.03. The normalized spacial score (nSPS) is 24.6. The second kappa shape index (κ2) is 6.96. The van der Waals surface area contributed by atoms with E-state index in [4.69, 9.17) is 0 Å². The maximum atomic E-state index is 12.7. The van der Waals surface area contributed by atoms with Crippen molar-refractivity contribution in [2.24, 2.45) is 5.92 Å². The van der Waals surface area contributed by atoms with Gasteiger partial charge in [0.1, 0.15) is 6.17 Å². The number of rotatable bonds is 6. The molecule has 112 valence electrons. The van der Waals surface area contributed by atoms with Crippen molar-refractivity contribution >= 4 is 29.0 Å². The lowest BCUT2D eigenvalue weighted by Gasteiger charge is -2.30. The molecule has 0 aromatic carbocycles. The number of hydrogen-bond donors (Lipinski definition) is 1. The quantitative estimate of drug-likeness (QED) is 0.874. The zero-order chi connectivity index (χ0) is 14.7. The molecule has 1 aromatic heterocycles. The molecule has 0 aliphatic carbocycles. The first kappa shape index (κ1) is 15.9. The van der Waals surface area contributed by atoms with Crippen molar-refractivity contribution in [1.29, 1.82) is 0 Å². The van der Waals surface area contributed by atoms with E-state index < -0.39 is 0 Å². The van der Waals surface area contributed by atoms with Gasteiger partial charge in [-0.15, -0.1) is 0 Å². The minimum absolute atomic E-state index is 0.0357. The minimum Gasteiger partial charge on any atom is -0.318 e. The third kappa shape index (κ3) is 3.21. The van der Waals surface area contributed by atoms with Gasteiger partial charge in [-0.25, -0.2) is 0 Å². The van der Waals surface area contributed by atoms with Crippen LogP contribution in [0, 0.1) is 5.92 Å². The summed E-state index contributed by atoms with van der Waals surface area (Å²) in [6.45, 7) is 8.53. The van der Waals surface area contributed by atoms with Crippen LogP contribution in [0.2, 0.25) is 0 Å². The zero-order valence-electron chi connectivity index (χ0n) is 12.6. The van der Waals surface area contributed by atoms with E-state index in [1.54, 1.807) is 11.3 Å². The number of carbonyl (C=O) groups excluding carboxylic acids is 1. The molecule has 1 aliphatic rings. The predicted molar refractivity (Wildman–Crippen MR) is 88.1 cm³/mol. The third-order valence-electron chi connectivity index (χ3n) is 3.70. The fourth-order valence-electron chi connectivity index (χ4n) is 2.61. The van der Waals surface area contributed by atoms with Crippen LogP contribution in [-0.4, -0.2) is 34.4 Å². The monoisotopic (exact) mass is 312 g/mol. The van der Waals surface area contributed by atoms with E-state index in [2.05, 4.69) is 54.7 Å². The van der Waals surface area contributed by atoms with Crippen molar-refractivity contribution in [1.82, 2.24) is 10.2 Å². The Morgan fingerprint density at radius 1 is 1.45 bits per heavy atom. The largest absolute Gasteiger partial charge is 0.318 e. The van der Waals surface area contributed by atoms with Crippen molar-refractivity contribution < 1.29 is 4.79 Å². The standard InChI is InChI=1S/C15H24N2OS2/c1-5-19-8-11(4)17-14(12-6-7-20-9-12)16-13(10(2)3)15(17)18/h6-7,9-11,13-14,16H,5,8H2,1-4H3. The highest BCUT2D eigenvalue weighted by Crippen LogP contribution is 2.31.